The van der Waals surface area contributed by atoms with Crippen LogP contribution in [0.5, 0.6) is 0 Å². The highest BCUT2D eigenvalue weighted by molar-refractivity contribution is 9.11. The van der Waals surface area contributed by atoms with Gasteiger partial charge in [0, 0.05) is 32.7 Å². The predicted molar refractivity (Wildman–Crippen MR) is 58.0 cm³/mol. The summed E-state index contributed by atoms with van der Waals surface area (Å²) in [6.45, 7) is 5.43. The normalized spacial score (nSPS) is 19.2. The van der Waals surface area contributed by atoms with Gasteiger partial charge in [-0.05, 0) is 15.9 Å². The third-order valence-corrected chi connectivity index (χ3v) is 3.85. The van der Waals surface area contributed by atoms with Gasteiger partial charge < -0.3 is 5.32 Å². The van der Waals surface area contributed by atoms with Crippen molar-refractivity contribution in [2.24, 2.45) is 0 Å². The lowest BCUT2D eigenvalue weighted by molar-refractivity contribution is 0.231. The molecule has 0 amide bonds. The van der Waals surface area contributed by atoms with E-state index >= 15 is 0 Å². The van der Waals surface area contributed by atoms with Gasteiger partial charge in [-0.15, -0.1) is 11.3 Å². The molecule has 1 N–H and O–H groups in total. The second-order valence-electron chi connectivity index (χ2n) is 3.10. The number of hydrogen-bond acceptors (Lipinski definition) is 4. The predicted octanol–water partition coefficient (Wildman–Crippen LogP) is 1.31. The van der Waals surface area contributed by atoms with Crippen molar-refractivity contribution in [2.75, 3.05) is 26.2 Å². The molecular weight excluding hydrogens is 250 g/mol. The largest absolute Gasteiger partial charge is 0.314 e. The van der Waals surface area contributed by atoms with Crippen molar-refractivity contribution >= 4 is 27.3 Å². The quantitative estimate of drug-likeness (QED) is 0.871. The minimum absolute atomic E-state index is 0.978. The molecule has 5 heteroatoms. The second-order valence-corrected chi connectivity index (χ2v) is 5.27. The smallest absolute Gasteiger partial charge is 0.0942 e. The molecule has 72 valence electrons. The van der Waals surface area contributed by atoms with Crippen molar-refractivity contribution in [3.8, 4) is 0 Å². The Balaban J connectivity index is 1.93. The second kappa shape index (κ2) is 4.50. The molecule has 0 aliphatic carbocycles. The van der Waals surface area contributed by atoms with Crippen molar-refractivity contribution in [2.45, 2.75) is 6.54 Å². The van der Waals surface area contributed by atoms with Crippen LogP contribution < -0.4 is 5.32 Å². The van der Waals surface area contributed by atoms with E-state index in [0.717, 1.165) is 32.7 Å². The standard InChI is InChI=1S/C8H12BrN3S/c9-8-7(11-6-13-8)5-12-3-1-10-2-4-12/h6,10H,1-5H2. The molecule has 0 radical (unpaired) electrons. The summed E-state index contributed by atoms with van der Waals surface area (Å²) in [5.74, 6) is 0. The topological polar surface area (TPSA) is 28.2 Å². The Morgan fingerprint density at radius 3 is 2.92 bits per heavy atom. The van der Waals surface area contributed by atoms with E-state index in [9.17, 15) is 0 Å². The van der Waals surface area contributed by atoms with Gasteiger partial charge in [0.05, 0.1) is 15.0 Å². The Labute approximate surface area is 90.3 Å². The molecule has 0 saturated carbocycles. The minimum atomic E-state index is 0.978. The number of rotatable bonds is 2. The van der Waals surface area contributed by atoms with Gasteiger partial charge in [-0.3, -0.25) is 4.90 Å². The Morgan fingerprint density at radius 2 is 2.31 bits per heavy atom. The van der Waals surface area contributed by atoms with Crippen LogP contribution in [0.2, 0.25) is 0 Å². The lowest BCUT2D eigenvalue weighted by Gasteiger charge is -2.26. The fraction of sp³-hybridized carbons (Fsp3) is 0.625. The van der Waals surface area contributed by atoms with Crippen LogP contribution in [0.4, 0.5) is 0 Å². The third-order valence-electron chi connectivity index (χ3n) is 2.17. The van der Waals surface area contributed by atoms with E-state index < -0.39 is 0 Å². The van der Waals surface area contributed by atoms with Crippen molar-refractivity contribution in [1.29, 1.82) is 0 Å². The fourth-order valence-corrected chi connectivity index (χ4v) is 2.44. The summed E-state index contributed by atoms with van der Waals surface area (Å²) >= 11 is 5.16. The average Bonchev–Trinajstić information content (AvgIpc) is 2.54. The molecule has 1 saturated heterocycles. The Kier molecular flexibility index (Phi) is 3.32. The van der Waals surface area contributed by atoms with E-state index in [-0.39, 0.29) is 0 Å². The number of nitrogens with one attached hydrogen (secondary N) is 1. The van der Waals surface area contributed by atoms with Gasteiger partial charge >= 0.3 is 0 Å². The van der Waals surface area contributed by atoms with Crippen LogP contribution in [0, 0.1) is 0 Å². The maximum Gasteiger partial charge on any atom is 0.0942 e. The third kappa shape index (κ3) is 2.49. The summed E-state index contributed by atoms with van der Waals surface area (Å²) in [4.78, 5) is 6.75. The number of thiazole rings is 1. The number of halogens is 1. The van der Waals surface area contributed by atoms with E-state index in [1.807, 2.05) is 5.51 Å². The van der Waals surface area contributed by atoms with E-state index in [2.05, 4.69) is 31.1 Å². The average molecular weight is 262 g/mol. The number of hydrogen-bond donors (Lipinski definition) is 1. The van der Waals surface area contributed by atoms with E-state index in [4.69, 9.17) is 0 Å². The summed E-state index contributed by atoms with van der Waals surface area (Å²) in [6.07, 6.45) is 0. The SMILES string of the molecule is Brc1scnc1CN1CCNCC1. The van der Waals surface area contributed by atoms with Crippen LogP contribution >= 0.6 is 27.3 Å². The van der Waals surface area contributed by atoms with Crippen molar-refractivity contribution in [1.82, 2.24) is 15.2 Å². The highest BCUT2D eigenvalue weighted by Crippen LogP contribution is 2.21. The molecule has 1 aliphatic heterocycles. The summed E-state index contributed by atoms with van der Waals surface area (Å²) in [6, 6.07) is 0. The number of piperazine rings is 1. The number of nitrogens with zero attached hydrogens (tertiary/aromatic N) is 2. The number of aromatic nitrogens is 1. The van der Waals surface area contributed by atoms with E-state index in [1.54, 1.807) is 11.3 Å². The maximum absolute atomic E-state index is 4.32. The summed E-state index contributed by atoms with van der Waals surface area (Å²) < 4.78 is 1.17. The Morgan fingerprint density at radius 1 is 1.54 bits per heavy atom. The van der Waals surface area contributed by atoms with Gasteiger partial charge in [-0.1, -0.05) is 0 Å². The van der Waals surface area contributed by atoms with E-state index in [0.29, 0.717) is 0 Å². The molecule has 1 aliphatic rings. The van der Waals surface area contributed by atoms with Gasteiger partial charge in [0.2, 0.25) is 0 Å². The van der Waals surface area contributed by atoms with Crippen molar-refractivity contribution in [3.63, 3.8) is 0 Å². The molecule has 2 heterocycles. The summed E-state index contributed by atoms with van der Waals surface area (Å²) in [5, 5.41) is 3.34. The molecule has 1 aromatic heterocycles. The van der Waals surface area contributed by atoms with E-state index in [1.165, 1.54) is 9.48 Å². The Hall–Kier alpha value is 0.0300. The highest BCUT2D eigenvalue weighted by atomic mass is 79.9. The van der Waals surface area contributed by atoms with Crippen LogP contribution in [0.15, 0.2) is 9.30 Å². The van der Waals surface area contributed by atoms with Crippen LogP contribution in [-0.2, 0) is 6.54 Å². The summed E-state index contributed by atoms with van der Waals surface area (Å²) in [5.41, 5.74) is 3.06. The van der Waals surface area contributed by atoms with Gasteiger partial charge in [-0.2, -0.15) is 0 Å². The molecule has 1 fully saturated rings. The zero-order valence-corrected chi connectivity index (χ0v) is 9.70. The zero-order valence-electron chi connectivity index (χ0n) is 7.29. The molecule has 0 spiro atoms. The van der Waals surface area contributed by atoms with Crippen molar-refractivity contribution in [3.05, 3.63) is 15.0 Å². The first-order chi connectivity index (χ1) is 6.36. The van der Waals surface area contributed by atoms with Gasteiger partial charge in [0.1, 0.15) is 0 Å². The highest BCUT2D eigenvalue weighted by Gasteiger charge is 2.12. The molecule has 0 atom stereocenters. The molecule has 13 heavy (non-hydrogen) atoms. The van der Waals surface area contributed by atoms with Crippen molar-refractivity contribution < 1.29 is 0 Å². The summed E-state index contributed by atoms with van der Waals surface area (Å²) in [7, 11) is 0. The first-order valence-electron chi connectivity index (χ1n) is 4.37. The lowest BCUT2D eigenvalue weighted by atomic mass is 10.3. The first kappa shape index (κ1) is 9.58. The fourth-order valence-electron chi connectivity index (χ4n) is 1.44. The monoisotopic (exact) mass is 261 g/mol. The molecule has 0 unspecified atom stereocenters. The lowest BCUT2D eigenvalue weighted by Crippen LogP contribution is -2.42. The molecule has 3 nitrogen and oxygen atoms in total. The van der Waals surface area contributed by atoms with Crippen LogP contribution in [0.3, 0.4) is 0 Å². The van der Waals surface area contributed by atoms with Gasteiger partial charge in [0.15, 0.2) is 0 Å². The van der Waals surface area contributed by atoms with Gasteiger partial charge in [0.25, 0.3) is 0 Å². The maximum atomic E-state index is 4.32. The molecular formula is C8H12BrN3S. The molecule has 2 rings (SSSR count). The molecule has 0 aromatic carbocycles. The zero-order chi connectivity index (χ0) is 9.10. The molecule has 0 bridgehead atoms. The van der Waals surface area contributed by atoms with Gasteiger partial charge in [-0.25, -0.2) is 4.98 Å². The van der Waals surface area contributed by atoms with Crippen LogP contribution in [0.25, 0.3) is 0 Å². The van der Waals surface area contributed by atoms with Crippen LogP contribution in [0.1, 0.15) is 5.69 Å². The Bertz CT molecular complexity index is 270. The first-order valence-corrected chi connectivity index (χ1v) is 6.04. The minimum Gasteiger partial charge on any atom is -0.314 e. The molecule has 1 aromatic rings. The van der Waals surface area contributed by atoms with Crippen LogP contribution in [-0.4, -0.2) is 36.1 Å².